The Morgan fingerprint density at radius 1 is 1.35 bits per heavy atom. The van der Waals surface area contributed by atoms with Gasteiger partial charge in [0, 0.05) is 18.3 Å². The molecule has 0 aliphatic heterocycles. The number of hydrogen-bond donors (Lipinski definition) is 1. The summed E-state index contributed by atoms with van der Waals surface area (Å²) >= 11 is 0. The number of carbonyl (C=O) groups excluding carboxylic acids is 2. The van der Waals surface area contributed by atoms with Crippen molar-refractivity contribution in [3.63, 3.8) is 0 Å². The van der Waals surface area contributed by atoms with Gasteiger partial charge in [0.25, 0.3) is 0 Å². The molecule has 3 rings (SSSR count). The quantitative estimate of drug-likeness (QED) is 0.927. The Morgan fingerprint density at radius 3 is 2.87 bits per heavy atom. The number of fused-ring (bicyclic) bond motifs is 1. The first kappa shape index (κ1) is 16.2. The number of aryl methyl sites for hydroxylation is 1. The van der Waals surface area contributed by atoms with E-state index >= 15 is 0 Å². The first-order valence-electron chi connectivity index (χ1n) is 8.35. The molecule has 1 N–H and O–H groups in total. The van der Waals surface area contributed by atoms with Gasteiger partial charge in [0.1, 0.15) is 17.1 Å². The molecule has 0 aromatic heterocycles. The minimum Gasteiger partial charge on any atom is -0.497 e. The van der Waals surface area contributed by atoms with Gasteiger partial charge in [0.15, 0.2) is 5.78 Å². The molecular formula is C19H24O4. The molecule has 0 radical (unpaired) electrons. The summed E-state index contributed by atoms with van der Waals surface area (Å²) in [7, 11) is 1.64. The molecule has 1 aromatic carbocycles. The second-order valence-corrected chi connectivity index (χ2v) is 7.11. The molecule has 1 aromatic rings. The third-order valence-electron chi connectivity index (χ3n) is 5.53. The fraction of sp³-hybridized carbons (Fsp3) is 0.579. The summed E-state index contributed by atoms with van der Waals surface area (Å²) in [6.07, 6.45) is 3.01. The van der Waals surface area contributed by atoms with Gasteiger partial charge in [-0.05, 0) is 56.2 Å². The zero-order valence-corrected chi connectivity index (χ0v) is 13.7. The predicted molar refractivity (Wildman–Crippen MR) is 86.3 cm³/mol. The Labute approximate surface area is 136 Å². The molecule has 4 heteroatoms. The van der Waals surface area contributed by atoms with E-state index in [2.05, 4.69) is 0 Å². The van der Waals surface area contributed by atoms with E-state index in [0.717, 1.165) is 24.2 Å². The van der Waals surface area contributed by atoms with Crippen LogP contribution in [0, 0.1) is 17.8 Å². The van der Waals surface area contributed by atoms with Crippen LogP contribution >= 0.6 is 0 Å². The Morgan fingerprint density at radius 2 is 2.13 bits per heavy atom. The highest BCUT2D eigenvalue weighted by molar-refractivity contribution is 5.94. The lowest BCUT2D eigenvalue weighted by Gasteiger charge is -2.31. The van der Waals surface area contributed by atoms with Crippen LogP contribution in [0.4, 0.5) is 0 Å². The first-order chi connectivity index (χ1) is 10.9. The van der Waals surface area contributed by atoms with Crippen molar-refractivity contribution in [2.24, 2.45) is 17.8 Å². The van der Waals surface area contributed by atoms with Gasteiger partial charge < -0.3 is 9.84 Å². The predicted octanol–water partition coefficient (Wildman–Crippen LogP) is 2.56. The second kappa shape index (κ2) is 6.08. The lowest BCUT2D eigenvalue weighted by molar-refractivity contribution is -0.136. The fourth-order valence-electron chi connectivity index (χ4n) is 4.31. The van der Waals surface area contributed by atoms with E-state index in [1.165, 1.54) is 0 Å². The number of ether oxygens (including phenoxy) is 1. The number of aliphatic hydroxyl groups is 1. The first-order valence-corrected chi connectivity index (χ1v) is 8.35. The summed E-state index contributed by atoms with van der Waals surface area (Å²) in [6.45, 7) is 1.59. The molecule has 2 saturated carbocycles. The molecule has 0 heterocycles. The molecule has 0 bridgehead atoms. The van der Waals surface area contributed by atoms with Gasteiger partial charge in [0.2, 0.25) is 0 Å². The molecule has 124 valence electrons. The summed E-state index contributed by atoms with van der Waals surface area (Å²) in [6, 6.07) is 7.87. The standard InChI is InChI=1S/C19H24O4/c1-19(22)11-16-14(17(20)9-8-15(16)18(19)21)7-6-12-4-3-5-13(10-12)23-2/h3-5,10,14-16,22H,6-9,11H2,1-2H3/t14-,15?,16?,19?/m0/s1. The number of rotatable bonds is 4. The number of Topliss-reactive ketones (excluding diaryl/α,β-unsaturated/α-hetero) is 2. The van der Waals surface area contributed by atoms with Gasteiger partial charge in [-0.1, -0.05) is 12.1 Å². The summed E-state index contributed by atoms with van der Waals surface area (Å²) in [5.74, 6) is 0.746. The Bertz CT molecular complexity index is 620. The lowest BCUT2D eigenvalue weighted by atomic mass is 9.71. The van der Waals surface area contributed by atoms with Crippen molar-refractivity contribution in [2.45, 2.75) is 44.6 Å². The van der Waals surface area contributed by atoms with Crippen molar-refractivity contribution in [1.29, 1.82) is 0 Å². The molecule has 4 nitrogen and oxygen atoms in total. The zero-order valence-electron chi connectivity index (χ0n) is 13.7. The van der Waals surface area contributed by atoms with Crippen LogP contribution in [0.5, 0.6) is 5.75 Å². The molecule has 3 unspecified atom stereocenters. The third-order valence-corrected chi connectivity index (χ3v) is 5.53. The topological polar surface area (TPSA) is 63.6 Å². The molecule has 0 saturated heterocycles. The Hall–Kier alpha value is -1.68. The van der Waals surface area contributed by atoms with E-state index in [1.54, 1.807) is 14.0 Å². The summed E-state index contributed by atoms with van der Waals surface area (Å²) in [5, 5.41) is 10.3. The molecule has 4 atom stereocenters. The van der Waals surface area contributed by atoms with Gasteiger partial charge in [-0.3, -0.25) is 9.59 Å². The fourth-order valence-corrected chi connectivity index (χ4v) is 4.31. The van der Waals surface area contributed by atoms with Gasteiger partial charge in [-0.15, -0.1) is 0 Å². The monoisotopic (exact) mass is 316 g/mol. The average molecular weight is 316 g/mol. The van der Waals surface area contributed by atoms with Crippen molar-refractivity contribution in [3.05, 3.63) is 29.8 Å². The van der Waals surface area contributed by atoms with Gasteiger partial charge >= 0.3 is 0 Å². The number of ketones is 2. The van der Waals surface area contributed by atoms with Crippen LogP contribution in [-0.2, 0) is 16.0 Å². The molecule has 0 spiro atoms. The highest BCUT2D eigenvalue weighted by atomic mass is 16.5. The van der Waals surface area contributed by atoms with Crippen molar-refractivity contribution in [2.75, 3.05) is 7.11 Å². The maximum absolute atomic E-state index is 12.4. The average Bonchev–Trinajstić information content (AvgIpc) is 2.76. The third kappa shape index (κ3) is 3.05. The van der Waals surface area contributed by atoms with E-state index in [-0.39, 0.29) is 29.3 Å². The van der Waals surface area contributed by atoms with E-state index in [0.29, 0.717) is 19.3 Å². The molecule has 2 aliphatic carbocycles. The SMILES string of the molecule is COc1cccc(CC[C@@H]2C(=O)CCC3C(=O)C(C)(O)CC32)c1. The Balaban J connectivity index is 1.73. The summed E-state index contributed by atoms with van der Waals surface area (Å²) in [5.41, 5.74) is -0.121. The maximum atomic E-state index is 12.4. The normalized spacial score (nSPS) is 33.6. The van der Waals surface area contributed by atoms with Crippen molar-refractivity contribution < 1.29 is 19.4 Å². The number of carbonyl (C=O) groups is 2. The summed E-state index contributed by atoms with van der Waals surface area (Å²) < 4.78 is 5.23. The van der Waals surface area contributed by atoms with Crippen LogP contribution in [0.15, 0.2) is 24.3 Å². The molecule has 0 amide bonds. The molecule has 2 aliphatic rings. The minimum absolute atomic E-state index is 0.00403. The second-order valence-electron chi connectivity index (χ2n) is 7.11. The van der Waals surface area contributed by atoms with Crippen LogP contribution in [0.3, 0.4) is 0 Å². The highest BCUT2D eigenvalue weighted by Gasteiger charge is 2.54. The van der Waals surface area contributed by atoms with Crippen LogP contribution < -0.4 is 4.74 Å². The van der Waals surface area contributed by atoms with Gasteiger partial charge in [0.05, 0.1) is 7.11 Å². The van der Waals surface area contributed by atoms with E-state index in [4.69, 9.17) is 4.74 Å². The minimum atomic E-state index is -1.26. The molecular weight excluding hydrogens is 292 g/mol. The smallest absolute Gasteiger partial charge is 0.167 e. The van der Waals surface area contributed by atoms with E-state index < -0.39 is 5.60 Å². The summed E-state index contributed by atoms with van der Waals surface area (Å²) in [4.78, 5) is 24.7. The van der Waals surface area contributed by atoms with Crippen molar-refractivity contribution in [3.8, 4) is 5.75 Å². The van der Waals surface area contributed by atoms with E-state index in [9.17, 15) is 14.7 Å². The van der Waals surface area contributed by atoms with Crippen LogP contribution in [-0.4, -0.2) is 29.4 Å². The van der Waals surface area contributed by atoms with Gasteiger partial charge in [-0.25, -0.2) is 0 Å². The number of hydrogen-bond acceptors (Lipinski definition) is 4. The number of benzene rings is 1. The van der Waals surface area contributed by atoms with E-state index in [1.807, 2.05) is 24.3 Å². The van der Waals surface area contributed by atoms with Crippen molar-refractivity contribution in [1.82, 2.24) is 0 Å². The van der Waals surface area contributed by atoms with Crippen molar-refractivity contribution >= 4 is 11.6 Å². The number of methoxy groups -OCH3 is 1. The molecule has 23 heavy (non-hydrogen) atoms. The highest BCUT2D eigenvalue weighted by Crippen LogP contribution is 2.47. The maximum Gasteiger partial charge on any atom is 0.167 e. The zero-order chi connectivity index (χ0) is 16.6. The van der Waals surface area contributed by atoms with Crippen LogP contribution in [0.1, 0.15) is 38.2 Å². The largest absolute Gasteiger partial charge is 0.497 e. The van der Waals surface area contributed by atoms with Crippen LogP contribution in [0.25, 0.3) is 0 Å². The Kier molecular flexibility index (Phi) is 4.28. The lowest BCUT2D eigenvalue weighted by Crippen LogP contribution is -2.35. The van der Waals surface area contributed by atoms with Gasteiger partial charge in [-0.2, -0.15) is 0 Å². The van der Waals surface area contributed by atoms with Crippen LogP contribution in [0.2, 0.25) is 0 Å². The molecule has 2 fully saturated rings.